The lowest BCUT2D eigenvalue weighted by molar-refractivity contribution is 0.702. The molecule has 2 rings (SSSR count). The van der Waals surface area contributed by atoms with Crippen molar-refractivity contribution in [3.8, 4) is 11.8 Å². The van der Waals surface area contributed by atoms with Crippen molar-refractivity contribution < 1.29 is 0 Å². The van der Waals surface area contributed by atoms with Crippen molar-refractivity contribution in [3.63, 3.8) is 0 Å². The lowest BCUT2D eigenvalue weighted by Gasteiger charge is -2.02. The summed E-state index contributed by atoms with van der Waals surface area (Å²) in [5.74, 6) is 8.05. The Morgan fingerprint density at radius 1 is 0.733 bits per heavy atom. The van der Waals surface area contributed by atoms with Crippen molar-refractivity contribution in [2.45, 2.75) is 38.5 Å². The average Bonchev–Trinajstić information content (AvgIpc) is 2.56. The maximum absolute atomic E-state index is 3.34. The molecule has 0 heterocycles. The van der Waals surface area contributed by atoms with Gasteiger partial charge in [0.1, 0.15) is 0 Å². The normalized spacial score (nSPS) is 17.6. The molecular formula is C15H17. The smallest absolute Gasteiger partial charge is 0.0483 e. The first-order chi connectivity index (χ1) is 7.45. The molecule has 15 heavy (non-hydrogen) atoms. The number of hydrogen-bond donors (Lipinski definition) is 0. The molecule has 0 nitrogen and oxygen atoms in total. The number of benzene rings is 1. The third-order valence-electron chi connectivity index (χ3n) is 2.86. The van der Waals surface area contributed by atoms with Crippen LogP contribution < -0.4 is 0 Å². The summed E-state index contributed by atoms with van der Waals surface area (Å²) in [5, 5.41) is 0. The molecule has 77 valence electrons. The summed E-state index contributed by atoms with van der Waals surface area (Å²) in [7, 11) is 0. The molecule has 0 aliphatic heterocycles. The molecule has 1 saturated carbocycles. The lowest BCUT2D eigenvalue weighted by atomic mass is 10.0. The predicted molar refractivity (Wildman–Crippen MR) is 64.3 cm³/mol. The second kappa shape index (κ2) is 5.61. The third kappa shape index (κ3) is 3.44. The van der Waals surface area contributed by atoms with Crippen molar-refractivity contribution in [1.29, 1.82) is 0 Å². The van der Waals surface area contributed by atoms with Crippen molar-refractivity contribution in [2.24, 2.45) is 0 Å². The van der Waals surface area contributed by atoms with Gasteiger partial charge in [0.2, 0.25) is 0 Å². The van der Waals surface area contributed by atoms with E-state index in [-0.39, 0.29) is 0 Å². The Morgan fingerprint density at radius 2 is 1.40 bits per heavy atom. The van der Waals surface area contributed by atoms with Gasteiger partial charge in [0.05, 0.1) is 0 Å². The molecule has 0 N–H and O–H groups in total. The van der Waals surface area contributed by atoms with Crippen molar-refractivity contribution in [1.82, 2.24) is 0 Å². The number of hydrogen-bond acceptors (Lipinski definition) is 0. The lowest BCUT2D eigenvalue weighted by Crippen LogP contribution is -1.90. The largest absolute Gasteiger partial charge is 0.0895 e. The van der Waals surface area contributed by atoms with Crippen molar-refractivity contribution in [2.75, 3.05) is 0 Å². The Bertz CT molecular complexity index is 331. The summed E-state index contributed by atoms with van der Waals surface area (Å²) in [4.78, 5) is 0. The van der Waals surface area contributed by atoms with E-state index in [0.29, 0.717) is 0 Å². The zero-order valence-corrected chi connectivity index (χ0v) is 9.13. The molecule has 0 heteroatoms. The summed E-state index contributed by atoms with van der Waals surface area (Å²) in [6.07, 6.45) is 7.88. The Kier molecular flexibility index (Phi) is 3.85. The highest BCUT2D eigenvalue weighted by Crippen LogP contribution is 2.23. The molecule has 1 aromatic rings. The fourth-order valence-electron chi connectivity index (χ4n) is 1.96. The van der Waals surface area contributed by atoms with E-state index < -0.39 is 0 Å². The topological polar surface area (TPSA) is 0 Å². The van der Waals surface area contributed by atoms with Crippen LogP contribution in [0.5, 0.6) is 0 Å². The van der Waals surface area contributed by atoms with E-state index in [1.165, 1.54) is 44.4 Å². The Hall–Kier alpha value is -1.22. The fraction of sp³-hybridized carbons (Fsp3) is 0.400. The Labute approximate surface area is 92.7 Å². The van der Waals surface area contributed by atoms with Gasteiger partial charge in [-0.05, 0) is 25.0 Å². The van der Waals surface area contributed by atoms with Gasteiger partial charge >= 0.3 is 0 Å². The van der Waals surface area contributed by atoms with Crippen LogP contribution in [-0.4, -0.2) is 0 Å². The molecule has 0 amide bonds. The van der Waals surface area contributed by atoms with Crippen LogP contribution in [0.15, 0.2) is 30.3 Å². The molecule has 0 saturated heterocycles. The molecule has 0 unspecified atom stereocenters. The molecule has 1 fully saturated rings. The second-order valence-electron chi connectivity index (χ2n) is 4.13. The third-order valence-corrected chi connectivity index (χ3v) is 2.86. The maximum Gasteiger partial charge on any atom is 0.0483 e. The van der Waals surface area contributed by atoms with Gasteiger partial charge in [0.15, 0.2) is 0 Å². The van der Waals surface area contributed by atoms with E-state index in [2.05, 4.69) is 24.0 Å². The predicted octanol–water partition coefficient (Wildman–Crippen LogP) is 3.97. The molecule has 0 aromatic heterocycles. The Balaban J connectivity index is 1.98. The highest BCUT2D eigenvalue weighted by atomic mass is 14.1. The molecule has 1 aliphatic rings. The van der Waals surface area contributed by atoms with Crippen LogP contribution in [0, 0.1) is 17.8 Å². The summed E-state index contributed by atoms with van der Waals surface area (Å²) in [5.41, 5.74) is 1.13. The fourth-order valence-corrected chi connectivity index (χ4v) is 1.96. The van der Waals surface area contributed by atoms with Crippen molar-refractivity contribution in [3.05, 3.63) is 41.8 Å². The standard InChI is InChI=1S/C15H17/c1-2-5-9-14(8-4-1)12-13-15-10-6-3-7-11-15/h3,6-7,10-11H,1-2,4-5,8-9H2. The highest BCUT2D eigenvalue weighted by molar-refractivity contribution is 5.38. The van der Waals surface area contributed by atoms with Gasteiger partial charge in [-0.3, -0.25) is 0 Å². The first-order valence-electron chi connectivity index (χ1n) is 5.87. The molecule has 0 atom stereocenters. The summed E-state index contributed by atoms with van der Waals surface area (Å²) < 4.78 is 0. The van der Waals surface area contributed by atoms with E-state index in [0.717, 1.165) is 5.56 Å². The average molecular weight is 197 g/mol. The van der Waals surface area contributed by atoms with Gasteiger partial charge in [-0.25, -0.2) is 0 Å². The van der Waals surface area contributed by atoms with Gasteiger partial charge in [-0.2, -0.15) is 0 Å². The highest BCUT2D eigenvalue weighted by Gasteiger charge is 2.09. The van der Waals surface area contributed by atoms with Crippen LogP contribution >= 0.6 is 0 Å². The molecule has 0 spiro atoms. The minimum Gasteiger partial charge on any atom is -0.0895 e. The zero-order chi connectivity index (χ0) is 10.3. The summed E-state index contributed by atoms with van der Waals surface area (Å²) in [6.45, 7) is 0. The van der Waals surface area contributed by atoms with Gasteiger partial charge in [0, 0.05) is 11.5 Å². The minimum atomic E-state index is 1.13. The van der Waals surface area contributed by atoms with E-state index in [9.17, 15) is 0 Å². The monoisotopic (exact) mass is 197 g/mol. The molecule has 1 aromatic carbocycles. The van der Waals surface area contributed by atoms with Crippen LogP contribution in [0.1, 0.15) is 44.1 Å². The molecule has 1 radical (unpaired) electrons. The minimum absolute atomic E-state index is 1.13. The maximum atomic E-state index is 3.34. The zero-order valence-electron chi connectivity index (χ0n) is 9.13. The van der Waals surface area contributed by atoms with E-state index in [1.54, 1.807) is 0 Å². The number of rotatable bonds is 0. The Morgan fingerprint density at radius 3 is 2.07 bits per heavy atom. The first kappa shape index (κ1) is 10.3. The van der Waals surface area contributed by atoms with Crippen molar-refractivity contribution >= 4 is 0 Å². The van der Waals surface area contributed by atoms with E-state index >= 15 is 0 Å². The van der Waals surface area contributed by atoms with E-state index in [4.69, 9.17) is 0 Å². The summed E-state index contributed by atoms with van der Waals surface area (Å²) in [6, 6.07) is 10.3. The van der Waals surface area contributed by atoms with E-state index in [1.807, 2.05) is 18.2 Å². The first-order valence-corrected chi connectivity index (χ1v) is 5.87. The van der Waals surface area contributed by atoms with Gasteiger partial charge in [-0.15, -0.1) is 0 Å². The van der Waals surface area contributed by atoms with Gasteiger partial charge in [-0.1, -0.05) is 55.7 Å². The SMILES string of the molecule is C(#Cc1ccccc1)[C]1CCCCCC1. The summed E-state index contributed by atoms with van der Waals surface area (Å²) >= 11 is 0. The molecular weight excluding hydrogens is 180 g/mol. The van der Waals surface area contributed by atoms with Crippen LogP contribution in [0.3, 0.4) is 0 Å². The quantitative estimate of drug-likeness (QED) is 0.436. The molecule has 1 aliphatic carbocycles. The van der Waals surface area contributed by atoms with Crippen LogP contribution in [-0.2, 0) is 0 Å². The van der Waals surface area contributed by atoms with Crippen LogP contribution in [0.4, 0.5) is 0 Å². The van der Waals surface area contributed by atoms with Crippen LogP contribution in [0.2, 0.25) is 0 Å². The van der Waals surface area contributed by atoms with Crippen LogP contribution in [0.25, 0.3) is 0 Å². The molecule has 0 bridgehead atoms. The van der Waals surface area contributed by atoms with Gasteiger partial charge < -0.3 is 0 Å². The van der Waals surface area contributed by atoms with Gasteiger partial charge in [0.25, 0.3) is 0 Å². The second-order valence-corrected chi connectivity index (χ2v) is 4.13.